The molecular formula is C13H19BrN2O. The van der Waals surface area contributed by atoms with Gasteiger partial charge in [-0.05, 0) is 51.5 Å². The number of halogens is 1. The van der Waals surface area contributed by atoms with E-state index >= 15 is 0 Å². The summed E-state index contributed by atoms with van der Waals surface area (Å²) in [6.45, 7) is 7.78. The minimum atomic E-state index is -0.244. The zero-order chi connectivity index (χ0) is 13.0. The summed E-state index contributed by atoms with van der Waals surface area (Å²) in [7, 11) is 0. The number of hydrogen-bond donors (Lipinski definition) is 2. The van der Waals surface area contributed by atoms with Gasteiger partial charge >= 0.3 is 0 Å². The first kappa shape index (κ1) is 14.0. The molecule has 4 heteroatoms. The van der Waals surface area contributed by atoms with Gasteiger partial charge in [-0.25, -0.2) is 0 Å². The fourth-order valence-corrected chi connectivity index (χ4v) is 2.15. The fraction of sp³-hybridized carbons (Fsp3) is 0.462. The Hall–Kier alpha value is -1.03. The summed E-state index contributed by atoms with van der Waals surface area (Å²) >= 11 is 3.44. The number of hydrogen-bond acceptors (Lipinski definition) is 2. The molecule has 0 aliphatic carbocycles. The standard InChI is InChI=1S/C13H19BrN2O/c1-8(2)15-13(17)10(4)16-12-6-9(3)5-11(14)7-12/h5-8,10,16H,1-4H3,(H,15,17). The molecule has 1 amide bonds. The number of carbonyl (C=O) groups excluding carboxylic acids is 1. The number of carbonyl (C=O) groups is 1. The van der Waals surface area contributed by atoms with E-state index in [1.165, 1.54) is 0 Å². The van der Waals surface area contributed by atoms with Crippen LogP contribution in [-0.4, -0.2) is 18.0 Å². The summed E-state index contributed by atoms with van der Waals surface area (Å²) in [6.07, 6.45) is 0. The Morgan fingerprint density at radius 3 is 2.41 bits per heavy atom. The monoisotopic (exact) mass is 298 g/mol. The second-order valence-electron chi connectivity index (χ2n) is 4.55. The van der Waals surface area contributed by atoms with Crippen LogP contribution < -0.4 is 10.6 Å². The lowest BCUT2D eigenvalue weighted by atomic mass is 10.2. The highest BCUT2D eigenvalue weighted by Crippen LogP contribution is 2.19. The summed E-state index contributed by atoms with van der Waals surface area (Å²) in [5, 5.41) is 6.07. The highest BCUT2D eigenvalue weighted by molar-refractivity contribution is 9.10. The summed E-state index contributed by atoms with van der Waals surface area (Å²) in [4.78, 5) is 11.7. The number of amides is 1. The molecule has 1 aromatic rings. The lowest BCUT2D eigenvalue weighted by molar-refractivity contribution is -0.122. The van der Waals surface area contributed by atoms with Crippen molar-refractivity contribution in [2.75, 3.05) is 5.32 Å². The van der Waals surface area contributed by atoms with Crippen molar-refractivity contribution in [1.82, 2.24) is 5.32 Å². The van der Waals surface area contributed by atoms with E-state index in [0.717, 1.165) is 15.7 Å². The van der Waals surface area contributed by atoms with E-state index in [9.17, 15) is 4.79 Å². The Balaban J connectivity index is 2.67. The Bertz CT molecular complexity index is 384. The van der Waals surface area contributed by atoms with Gasteiger partial charge in [0.1, 0.15) is 6.04 Å². The van der Waals surface area contributed by atoms with E-state index in [1.54, 1.807) is 0 Å². The van der Waals surface area contributed by atoms with E-state index < -0.39 is 0 Å². The molecular weight excluding hydrogens is 280 g/mol. The largest absolute Gasteiger partial charge is 0.374 e. The molecule has 0 spiro atoms. The molecule has 0 saturated heterocycles. The molecule has 0 aliphatic heterocycles. The van der Waals surface area contributed by atoms with Gasteiger partial charge < -0.3 is 10.6 Å². The van der Waals surface area contributed by atoms with Gasteiger partial charge in [-0.15, -0.1) is 0 Å². The molecule has 0 aromatic heterocycles. The van der Waals surface area contributed by atoms with Crippen molar-refractivity contribution in [3.05, 3.63) is 28.2 Å². The molecule has 94 valence electrons. The average Bonchev–Trinajstić information content (AvgIpc) is 2.14. The summed E-state index contributed by atoms with van der Waals surface area (Å²) in [6, 6.07) is 5.93. The Morgan fingerprint density at radius 2 is 1.88 bits per heavy atom. The number of anilines is 1. The maximum absolute atomic E-state index is 11.7. The summed E-state index contributed by atoms with van der Waals surface area (Å²) in [5.41, 5.74) is 2.10. The maximum atomic E-state index is 11.7. The molecule has 1 aromatic carbocycles. The van der Waals surface area contributed by atoms with E-state index in [1.807, 2.05) is 45.9 Å². The molecule has 0 aliphatic rings. The molecule has 1 atom stereocenters. The topological polar surface area (TPSA) is 41.1 Å². The normalized spacial score (nSPS) is 12.4. The third kappa shape index (κ3) is 4.77. The predicted octanol–water partition coefficient (Wildman–Crippen LogP) is 3.08. The van der Waals surface area contributed by atoms with Gasteiger partial charge in [0.15, 0.2) is 0 Å². The molecule has 0 heterocycles. The number of benzene rings is 1. The first-order valence-electron chi connectivity index (χ1n) is 5.72. The molecule has 2 N–H and O–H groups in total. The van der Waals surface area contributed by atoms with E-state index in [-0.39, 0.29) is 18.0 Å². The first-order valence-corrected chi connectivity index (χ1v) is 6.52. The van der Waals surface area contributed by atoms with Crippen molar-refractivity contribution in [2.24, 2.45) is 0 Å². The quantitative estimate of drug-likeness (QED) is 0.897. The number of nitrogens with one attached hydrogen (secondary N) is 2. The van der Waals surface area contributed by atoms with Crippen LogP contribution in [0.25, 0.3) is 0 Å². The van der Waals surface area contributed by atoms with Crippen LogP contribution in [0.5, 0.6) is 0 Å². The molecule has 17 heavy (non-hydrogen) atoms. The summed E-state index contributed by atoms with van der Waals surface area (Å²) in [5.74, 6) is 0.0117. The zero-order valence-corrected chi connectivity index (χ0v) is 12.3. The molecule has 1 unspecified atom stereocenters. The molecule has 0 fully saturated rings. The van der Waals surface area contributed by atoms with Crippen molar-refractivity contribution in [3.8, 4) is 0 Å². The van der Waals surface area contributed by atoms with Crippen LogP contribution in [0.4, 0.5) is 5.69 Å². The van der Waals surface area contributed by atoms with Crippen LogP contribution in [0.3, 0.4) is 0 Å². The lowest BCUT2D eigenvalue weighted by Crippen LogP contribution is -2.40. The molecule has 0 saturated carbocycles. The predicted molar refractivity (Wildman–Crippen MR) is 75.2 cm³/mol. The minimum Gasteiger partial charge on any atom is -0.374 e. The van der Waals surface area contributed by atoms with Gasteiger partial charge in [0.2, 0.25) is 5.91 Å². The van der Waals surface area contributed by atoms with Crippen LogP contribution in [0.15, 0.2) is 22.7 Å². The SMILES string of the molecule is Cc1cc(Br)cc(NC(C)C(=O)NC(C)C)c1. The van der Waals surface area contributed by atoms with Crippen LogP contribution in [0, 0.1) is 6.92 Å². The zero-order valence-electron chi connectivity index (χ0n) is 10.7. The van der Waals surface area contributed by atoms with E-state index in [0.29, 0.717) is 0 Å². The molecule has 0 radical (unpaired) electrons. The van der Waals surface area contributed by atoms with Gasteiger partial charge in [0.05, 0.1) is 0 Å². The van der Waals surface area contributed by atoms with Crippen LogP contribution >= 0.6 is 15.9 Å². The molecule has 0 bridgehead atoms. The Morgan fingerprint density at radius 1 is 1.24 bits per heavy atom. The van der Waals surface area contributed by atoms with Crippen molar-refractivity contribution in [3.63, 3.8) is 0 Å². The van der Waals surface area contributed by atoms with Crippen molar-refractivity contribution >= 4 is 27.5 Å². The maximum Gasteiger partial charge on any atom is 0.242 e. The van der Waals surface area contributed by atoms with Crippen LogP contribution in [-0.2, 0) is 4.79 Å². The van der Waals surface area contributed by atoms with E-state index in [4.69, 9.17) is 0 Å². The van der Waals surface area contributed by atoms with Crippen molar-refractivity contribution in [1.29, 1.82) is 0 Å². The second kappa shape index (κ2) is 6.05. The molecule has 1 rings (SSSR count). The molecule has 3 nitrogen and oxygen atoms in total. The first-order chi connectivity index (χ1) is 7.88. The van der Waals surface area contributed by atoms with Gasteiger partial charge in [-0.1, -0.05) is 15.9 Å². The average molecular weight is 299 g/mol. The van der Waals surface area contributed by atoms with E-state index in [2.05, 4.69) is 26.6 Å². The second-order valence-corrected chi connectivity index (χ2v) is 5.46. The van der Waals surface area contributed by atoms with Crippen molar-refractivity contribution in [2.45, 2.75) is 39.8 Å². The number of rotatable bonds is 4. The van der Waals surface area contributed by atoms with Gasteiger partial charge in [-0.3, -0.25) is 4.79 Å². The summed E-state index contributed by atoms with van der Waals surface area (Å²) < 4.78 is 1.01. The Labute approximate surface area is 111 Å². The number of aryl methyl sites for hydroxylation is 1. The lowest BCUT2D eigenvalue weighted by Gasteiger charge is -2.17. The minimum absolute atomic E-state index is 0.0117. The fourth-order valence-electron chi connectivity index (χ4n) is 1.54. The smallest absolute Gasteiger partial charge is 0.242 e. The van der Waals surface area contributed by atoms with Crippen LogP contribution in [0.2, 0.25) is 0 Å². The Kier molecular flexibility index (Phi) is 5.00. The van der Waals surface area contributed by atoms with Gasteiger partial charge in [-0.2, -0.15) is 0 Å². The third-order valence-corrected chi connectivity index (χ3v) is 2.71. The third-order valence-electron chi connectivity index (χ3n) is 2.25. The van der Waals surface area contributed by atoms with Gasteiger partial charge in [0, 0.05) is 16.2 Å². The highest BCUT2D eigenvalue weighted by atomic mass is 79.9. The van der Waals surface area contributed by atoms with Gasteiger partial charge in [0.25, 0.3) is 0 Å². The van der Waals surface area contributed by atoms with Crippen LogP contribution in [0.1, 0.15) is 26.3 Å². The highest BCUT2D eigenvalue weighted by Gasteiger charge is 2.13. The van der Waals surface area contributed by atoms with Crippen molar-refractivity contribution < 1.29 is 4.79 Å².